The first-order chi connectivity index (χ1) is 14.1. The van der Waals surface area contributed by atoms with Crippen molar-refractivity contribution >= 4 is 22.8 Å². The molecule has 6 heteroatoms. The Kier molecular flexibility index (Phi) is 7.03. The maximum absolute atomic E-state index is 12.3. The Morgan fingerprint density at radius 3 is 2.55 bits per heavy atom. The van der Waals surface area contributed by atoms with Crippen LogP contribution in [0.3, 0.4) is 0 Å². The fourth-order valence-electron chi connectivity index (χ4n) is 3.24. The Labute approximate surface area is 170 Å². The van der Waals surface area contributed by atoms with Gasteiger partial charge in [-0.3, -0.25) is 4.79 Å². The zero-order valence-electron chi connectivity index (χ0n) is 16.8. The number of carbonyl (C=O) groups excluding carboxylic acids is 2. The summed E-state index contributed by atoms with van der Waals surface area (Å²) < 4.78 is 12.4. The van der Waals surface area contributed by atoms with E-state index in [9.17, 15) is 9.59 Å². The summed E-state index contributed by atoms with van der Waals surface area (Å²) in [5.74, 6) is -0.525. The zero-order chi connectivity index (χ0) is 20.6. The van der Waals surface area contributed by atoms with Gasteiger partial charge in [-0.1, -0.05) is 48.5 Å². The Balaban J connectivity index is 1.48. The molecule has 3 aromatic rings. The predicted molar refractivity (Wildman–Crippen MR) is 112 cm³/mol. The summed E-state index contributed by atoms with van der Waals surface area (Å²) in [6.45, 7) is 3.25. The highest BCUT2D eigenvalue weighted by atomic mass is 16.5. The smallest absolute Gasteiger partial charge is 0.340 e. The summed E-state index contributed by atoms with van der Waals surface area (Å²) in [5, 5.41) is 3.68. The van der Waals surface area contributed by atoms with Crippen molar-refractivity contribution in [2.45, 2.75) is 26.0 Å². The lowest BCUT2D eigenvalue weighted by atomic mass is 10.1. The number of amides is 1. The molecule has 0 saturated heterocycles. The first kappa shape index (κ1) is 20.6. The molecule has 0 aliphatic rings. The molecule has 1 heterocycles. The number of benzene rings is 2. The number of methoxy groups -OCH3 is 1. The van der Waals surface area contributed by atoms with Gasteiger partial charge in [-0.15, -0.1) is 0 Å². The first-order valence-corrected chi connectivity index (χ1v) is 9.69. The van der Waals surface area contributed by atoms with Crippen LogP contribution in [0.1, 0.15) is 35.4 Å². The summed E-state index contributed by atoms with van der Waals surface area (Å²) >= 11 is 0. The van der Waals surface area contributed by atoms with E-state index >= 15 is 0 Å². The van der Waals surface area contributed by atoms with E-state index in [0.29, 0.717) is 18.7 Å². The molecule has 0 fully saturated rings. The molecule has 0 aliphatic carbocycles. The van der Waals surface area contributed by atoms with Crippen LogP contribution >= 0.6 is 0 Å². The van der Waals surface area contributed by atoms with Crippen LogP contribution in [0.4, 0.5) is 0 Å². The third-order valence-electron chi connectivity index (χ3n) is 4.79. The van der Waals surface area contributed by atoms with Crippen molar-refractivity contribution in [3.63, 3.8) is 0 Å². The van der Waals surface area contributed by atoms with Crippen LogP contribution < -0.4 is 5.32 Å². The van der Waals surface area contributed by atoms with Gasteiger partial charge in [0.15, 0.2) is 0 Å². The number of fused-ring (bicyclic) bond motifs is 1. The predicted octanol–water partition coefficient (Wildman–Crippen LogP) is 3.71. The Morgan fingerprint density at radius 1 is 1.07 bits per heavy atom. The third kappa shape index (κ3) is 5.23. The number of aromatic nitrogens is 1. The van der Waals surface area contributed by atoms with Crippen LogP contribution in [0.15, 0.2) is 60.8 Å². The molecule has 1 amide bonds. The van der Waals surface area contributed by atoms with Gasteiger partial charge in [0, 0.05) is 30.3 Å². The number of esters is 1. The van der Waals surface area contributed by atoms with Crippen molar-refractivity contribution in [1.82, 2.24) is 9.88 Å². The largest absolute Gasteiger partial charge is 0.465 e. The van der Waals surface area contributed by atoms with Crippen LogP contribution in [0.2, 0.25) is 0 Å². The third-order valence-corrected chi connectivity index (χ3v) is 4.79. The minimum Gasteiger partial charge on any atom is -0.465 e. The highest BCUT2D eigenvalue weighted by Crippen LogP contribution is 2.22. The number of carbonyl (C=O) groups is 2. The van der Waals surface area contributed by atoms with Gasteiger partial charge < -0.3 is 19.4 Å². The molecule has 0 bridgehead atoms. The Hall–Kier alpha value is -3.12. The van der Waals surface area contributed by atoms with Crippen LogP contribution in [0, 0.1) is 0 Å². The molecular weight excluding hydrogens is 368 g/mol. The van der Waals surface area contributed by atoms with Crippen LogP contribution in [0.25, 0.3) is 10.9 Å². The van der Waals surface area contributed by atoms with E-state index in [0.717, 1.165) is 22.9 Å². The normalized spacial score (nSPS) is 11.9. The number of nitrogens with one attached hydrogen (secondary N) is 1. The van der Waals surface area contributed by atoms with Gasteiger partial charge in [0.1, 0.15) is 6.54 Å². The highest BCUT2D eigenvalue weighted by Gasteiger charge is 2.16. The summed E-state index contributed by atoms with van der Waals surface area (Å²) in [6.07, 6.45) is 2.42. The van der Waals surface area contributed by atoms with Crippen molar-refractivity contribution in [2.24, 2.45) is 0 Å². The van der Waals surface area contributed by atoms with Crippen LogP contribution in [-0.2, 0) is 20.8 Å². The lowest BCUT2D eigenvalue weighted by Crippen LogP contribution is -2.28. The molecule has 2 aromatic carbocycles. The Morgan fingerprint density at radius 2 is 1.79 bits per heavy atom. The van der Waals surface area contributed by atoms with Gasteiger partial charge in [-0.2, -0.15) is 0 Å². The van der Waals surface area contributed by atoms with Gasteiger partial charge in [-0.05, 0) is 25.0 Å². The van der Waals surface area contributed by atoms with Crippen LogP contribution in [-0.4, -0.2) is 36.7 Å². The van der Waals surface area contributed by atoms with Gasteiger partial charge >= 0.3 is 5.97 Å². The van der Waals surface area contributed by atoms with Crippen molar-refractivity contribution in [2.75, 3.05) is 20.3 Å². The van der Waals surface area contributed by atoms with Crippen molar-refractivity contribution in [1.29, 1.82) is 0 Å². The van der Waals surface area contributed by atoms with Crippen molar-refractivity contribution in [3.8, 4) is 0 Å². The molecule has 6 nitrogen and oxygen atoms in total. The van der Waals surface area contributed by atoms with E-state index in [1.165, 1.54) is 7.11 Å². The average Bonchev–Trinajstić information content (AvgIpc) is 3.12. The molecule has 1 N–H and O–H groups in total. The van der Waals surface area contributed by atoms with Gasteiger partial charge in [-0.25, -0.2) is 4.79 Å². The molecule has 0 spiro atoms. The highest BCUT2D eigenvalue weighted by molar-refractivity contribution is 6.04. The minimum atomic E-state index is -0.412. The maximum Gasteiger partial charge on any atom is 0.340 e. The Bertz CT molecular complexity index is 965. The van der Waals surface area contributed by atoms with E-state index in [-0.39, 0.29) is 18.6 Å². The second-order valence-electron chi connectivity index (χ2n) is 6.81. The molecule has 1 atom stereocenters. The van der Waals surface area contributed by atoms with E-state index in [4.69, 9.17) is 9.47 Å². The van der Waals surface area contributed by atoms with E-state index < -0.39 is 5.97 Å². The number of rotatable bonds is 9. The molecule has 1 unspecified atom stereocenters. The molecular formula is C23H26N2O4. The summed E-state index contributed by atoms with van der Waals surface area (Å²) in [5.41, 5.74) is 2.42. The number of hydrogen-bond donors (Lipinski definition) is 1. The number of para-hydroxylation sites is 1. The molecule has 29 heavy (non-hydrogen) atoms. The summed E-state index contributed by atoms with van der Waals surface area (Å²) in [6, 6.07) is 17.5. The minimum absolute atomic E-state index is 0.0230. The van der Waals surface area contributed by atoms with E-state index in [2.05, 4.69) is 5.32 Å². The maximum atomic E-state index is 12.3. The zero-order valence-corrected chi connectivity index (χ0v) is 16.8. The number of nitrogens with zero attached hydrogens (tertiary/aromatic N) is 1. The van der Waals surface area contributed by atoms with E-state index in [1.807, 2.05) is 61.5 Å². The van der Waals surface area contributed by atoms with Gasteiger partial charge in [0.25, 0.3) is 0 Å². The van der Waals surface area contributed by atoms with Crippen molar-refractivity contribution in [3.05, 3.63) is 71.9 Å². The standard InChI is InChI=1S/C23H26N2O4/c1-17(18-9-4-3-5-10-18)29-14-8-13-24-22(26)16-25-15-20(23(27)28-2)19-11-6-7-12-21(19)25/h3-7,9-12,15,17H,8,13-14,16H2,1-2H3,(H,24,26). The topological polar surface area (TPSA) is 69.6 Å². The SMILES string of the molecule is COC(=O)c1cn(CC(=O)NCCCOC(C)c2ccccc2)c2ccccc12. The molecule has 152 valence electrons. The second kappa shape index (κ2) is 9.89. The molecule has 1 aromatic heterocycles. The van der Waals surface area contributed by atoms with Crippen LogP contribution in [0.5, 0.6) is 0 Å². The fourth-order valence-corrected chi connectivity index (χ4v) is 3.24. The summed E-state index contributed by atoms with van der Waals surface area (Å²) in [4.78, 5) is 24.3. The molecule has 0 saturated carbocycles. The van der Waals surface area contributed by atoms with Crippen molar-refractivity contribution < 1.29 is 19.1 Å². The lowest BCUT2D eigenvalue weighted by molar-refractivity contribution is -0.121. The quantitative estimate of drug-likeness (QED) is 0.444. The summed E-state index contributed by atoms with van der Waals surface area (Å²) in [7, 11) is 1.35. The first-order valence-electron chi connectivity index (χ1n) is 9.69. The molecule has 0 aliphatic heterocycles. The fraction of sp³-hybridized carbons (Fsp3) is 0.304. The van der Waals surface area contributed by atoms with Gasteiger partial charge in [0.2, 0.25) is 5.91 Å². The lowest BCUT2D eigenvalue weighted by Gasteiger charge is -2.13. The number of ether oxygens (including phenoxy) is 2. The molecule has 0 radical (unpaired) electrons. The second-order valence-corrected chi connectivity index (χ2v) is 6.81. The average molecular weight is 394 g/mol. The van der Waals surface area contributed by atoms with E-state index in [1.54, 1.807) is 10.8 Å². The monoisotopic (exact) mass is 394 g/mol. The van der Waals surface area contributed by atoms with Gasteiger partial charge in [0.05, 0.1) is 18.8 Å². The number of hydrogen-bond acceptors (Lipinski definition) is 4. The molecule has 3 rings (SSSR count).